The van der Waals surface area contributed by atoms with Gasteiger partial charge in [-0.1, -0.05) is 6.07 Å². The number of likely N-dealkylation sites (tertiary alicyclic amines) is 1. The number of nitrogens with zero attached hydrogens (tertiary/aromatic N) is 1. The molecule has 2 heterocycles. The summed E-state index contributed by atoms with van der Waals surface area (Å²) < 4.78 is 51.2. The minimum atomic E-state index is -4.63. The molecular formula is C14H16F4N2. The minimum absolute atomic E-state index is 0.455. The van der Waals surface area contributed by atoms with Gasteiger partial charge in [-0.3, -0.25) is 4.90 Å². The van der Waals surface area contributed by atoms with Crippen molar-refractivity contribution in [3.8, 4) is 0 Å². The van der Waals surface area contributed by atoms with E-state index in [4.69, 9.17) is 0 Å². The van der Waals surface area contributed by atoms with E-state index in [2.05, 4.69) is 10.2 Å². The molecule has 0 aromatic heterocycles. The quantitative estimate of drug-likeness (QED) is 0.841. The highest BCUT2D eigenvalue weighted by atomic mass is 19.4. The van der Waals surface area contributed by atoms with Gasteiger partial charge in [0.1, 0.15) is 5.82 Å². The van der Waals surface area contributed by atoms with Crippen LogP contribution in [-0.4, -0.2) is 31.1 Å². The van der Waals surface area contributed by atoms with Crippen molar-refractivity contribution in [3.05, 3.63) is 35.1 Å². The van der Waals surface area contributed by atoms with Crippen LogP contribution in [0.2, 0.25) is 0 Å². The third-order valence-electron chi connectivity index (χ3n) is 4.21. The second-order valence-electron chi connectivity index (χ2n) is 5.68. The van der Waals surface area contributed by atoms with Crippen LogP contribution in [0, 0.1) is 17.7 Å². The zero-order chi connectivity index (χ0) is 14.3. The molecule has 3 rings (SSSR count). The number of hydrogen-bond donors (Lipinski definition) is 1. The highest BCUT2D eigenvalue weighted by Crippen LogP contribution is 2.33. The van der Waals surface area contributed by atoms with Crippen molar-refractivity contribution >= 4 is 0 Å². The number of hydrogen-bond acceptors (Lipinski definition) is 2. The second kappa shape index (κ2) is 5.00. The predicted octanol–water partition coefficient (Wildman–Crippen LogP) is 2.50. The van der Waals surface area contributed by atoms with Crippen LogP contribution < -0.4 is 5.32 Å². The summed E-state index contributed by atoms with van der Waals surface area (Å²) in [6, 6.07) is 3.29. The highest BCUT2D eigenvalue weighted by Gasteiger charge is 2.37. The number of nitrogens with one attached hydrogen (secondary N) is 1. The van der Waals surface area contributed by atoms with E-state index in [1.165, 1.54) is 6.07 Å². The van der Waals surface area contributed by atoms with E-state index >= 15 is 0 Å². The highest BCUT2D eigenvalue weighted by molar-refractivity contribution is 5.27. The van der Waals surface area contributed by atoms with Crippen LogP contribution in [0.4, 0.5) is 17.6 Å². The van der Waals surface area contributed by atoms with Crippen molar-refractivity contribution < 1.29 is 17.6 Å². The van der Waals surface area contributed by atoms with E-state index < -0.39 is 17.6 Å². The smallest absolute Gasteiger partial charge is 0.316 e. The molecule has 0 amide bonds. The van der Waals surface area contributed by atoms with E-state index in [-0.39, 0.29) is 0 Å². The van der Waals surface area contributed by atoms with Crippen LogP contribution in [0.3, 0.4) is 0 Å². The fourth-order valence-corrected chi connectivity index (χ4v) is 3.23. The monoisotopic (exact) mass is 288 g/mol. The number of fused-ring (bicyclic) bond motifs is 1. The Morgan fingerprint density at radius 1 is 1.15 bits per heavy atom. The molecule has 0 radical (unpaired) electrons. The Morgan fingerprint density at radius 3 is 2.40 bits per heavy atom. The molecule has 2 atom stereocenters. The summed E-state index contributed by atoms with van der Waals surface area (Å²) in [4.78, 5) is 2.16. The molecule has 2 aliphatic heterocycles. The molecule has 1 aromatic carbocycles. The Labute approximate surface area is 114 Å². The summed E-state index contributed by atoms with van der Waals surface area (Å²) in [5, 5.41) is 3.32. The lowest BCUT2D eigenvalue weighted by atomic mass is 10.0. The van der Waals surface area contributed by atoms with Crippen LogP contribution in [0.5, 0.6) is 0 Å². The van der Waals surface area contributed by atoms with Gasteiger partial charge in [-0.15, -0.1) is 0 Å². The first kappa shape index (κ1) is 13.8. The zero-order valence-corrected chi connectivity index (χ0v) is 10.9. The molecular weight excluding hydrogens is 272 g/mol. The first-order valence-electron chi connectivity index (χ1n) is 6.72. The van der Waals surface area contributed by atoms with Gasteiger partial charge in [-0.25, -0.2) is 4.39 Å². The molecule has 6 heteroatoms. The fourth-order valence-electron chi connectivity index (χ4n) is 3.23. The average Bonchev–Trinajstić information content (AvgIpc) is 2.90. The molecule has 0 saturated carbocycles. The van der Waals surface area contributed by atoms with Gasteiger partial charge in [0.25, 0.3) is 0 Å². The first-order valence-corrected chi connectivity index (χ1v) is 6.72. The van der Waals surface area contributed by atoms with Gasteiger partial charge < -0.3 is 5.32 Å². The van der Waals surface area contributed by atoms with Crippen molar-refractivity contribution in [1.29, 1.82) is 0 Å². The number of halogens is 4. The maximum Gasteiger partial charge on any atom is 0.419 e. The fraction of sp³-hybridized carbons (Fsp3) is 0.571. The van der Waals surface area contributed by atoms with Crippen molar-refractivity contribution in [2.24, 2.45) is 11.8 Å². The molecule has 2 aliphatic rings. The molecule has 2 fully saturated rings. The maximum absolute atomic E-state index is 13.2. The molecule has 1 N–H and O–H groups in total. The largest absolute Gasteiger partial charge is 0.419 e. The van der Waals surface area contributed by atoms with Gasteiger partial charge in [-0.2, -0.15) is 13.2 Å². The van der Waals surface area contributed by atoms with E-state index in [1.807, 2.05) is 0 Å². The summed E-state index contributed by atoms with van der Waals surface area (Å²) in [6.45, 7) is 4.22. The molecule has 2 nitrogen and oxygen atoms in total. The standard InChI is InChI=1S/C14H16F4N2/c15-13-2-1-9(3-12(13)14(16,17)18)6-20-7-10-4-19-5-11(10)8-20/h1-3,10-11,19H,4-8H2/t10-,11+. The summed E-state index contributed by atoms with van der Waals surface area (Å²) in [5.74, 6) is -0.0150. The molecule has 0 aliphatic carbocycles. The van der Waals surface area contributed by atoms with Crippen molar-refractivity contribution in [1.82, 2.24) is 10.2 Å². The average molecular weight is 288 g/mol. The molecule has 0 spiro atoms. The summed E-state index contributed by atoms with van der Waals surface area (Å²) in [6.07, 6.45) is -4.63. The van der Waals surface area contributed by atoms with E-state index in [0.29, 0.717) is 23.9 Å². The van der Waals surface area contributed by atoms with E-state index in [9.17, 15) is 17.6 Å². The van der Waals surface area contributed by atoms with Gasteiger partial charge in [0.2, 0.25) is 0 Å². The number of benzene rings is 1. The Morgan fingerprint density at radius 2 is 1.80 bits per heavy atom. The normalized spacial score (nSPS) is 27.0. The zero-order valence-electron chi connectivity index (χ0n) is 10.9. The summed E-state index contributed by atoms with van der Waals surface area (Å²) >= 11 is 0. The van der Waals surface area contributed by atoms with Crippen molar-refractivity contribution in [2.75, 3.05) is 26.2 Å². The van der Waals surface area contributed by atoms with Gasteiger partial charge >= 0.3 is 6.18 Å². The lowest BCUT2D eigenvalue weighted by Gasteiger charge is -2.18. The van der Waals surface area contributed by atoms with E-state index in [1.54, 1.807) is 0 Å². The molecule has 0 unspecified atom stereocenters. The lowest BCUT2D eigenvalue weighted by molar-refractivity contribution is -0.140. The number of alkyl halides is 3. The Kier molecular flexibility index (Phi) is 3.46. The molecule has 20 heavy (non-hydrogen) atoms. The summed E-state index contributed by atoms with van der Waals surface area (Å²) in [7, 11) is 0. The van der Waals surface area contributed by atoms with Crippen molar-refractivity contribution in [2.45, 2.75) is 12.7 Å². The van der Waals surface area contributed by atoms with Gasteiger partial charge in [0.15, 0.2) is 0 Å². The minimum Gasteiger partial charge on any atom is -0.316 e. The number of rotatable bonds is 2. The van der Waals surface area contributed by atoms with Crippen LogP contribution in [-0.2, 0) is 12.7 Å². The van der Waals surface area contributed by atoms with Crippen LogP contribution in [0.25, 0.3) is 0 Å². The van der Waals surface area contributed by atoms with Crippen LogP contribution >= 0.6 is 0 Å². The molecule has 0 bridgehead atoms. The summed E-state index contributed by atoms with van der Waals surface area (Å²) in [5.41, 5.74) is -0.650. The van der Waals surface area contributed by atoms with Crippen LogP contribution in [0.1, 0.15) is 11.1 Å². The maximum atomic E-state index is 13.2. The predicted molar refractivity (Wildman–Crippen MR) is 66.5 cm³/mol. The van der Waals surface area contributed by atoms with E-state index in [0.717, 1.165) is 38.3 Å². The Hall–Kier alpha value is -1.14. The van der Waals surface area contributed by atoms with Crippen LogP contribution in [0.15, 0.2) is 18.2 Å². The molecule has 2 saturated heterocycles. The lowest BCUT2D eigenvalue weighted by Crippen LogP contribution is -2.25. The third-order valence-corrected chi connectivity index (χ3v) is 4.21. The van der Waals surface area contributed by atoms with Gasteiger partial charge in [0.05, 0.1) is 5.56 Å². The Balaban J connectivity index is 1.72. The van der Waals surface area contributed by atoms with Gasteiger partial charge in [-0.05, 0) is 42.6 Å². The Bertz CT molecular complexity index is 488. The third kappa shape index (κ3) is 2.67. The van der Waals surface area contributed by atoms with Crippen molar-refractivity contribution in [3.63, 3.8) is 0 Å². The molecule has 1 aromatic rings. The molecule has 110 valence electrons. The SMILES string of the molecule is Fc1ccc(CN2C[C@H]3CNC[C@H]3C2)cc1C(F)(F)F. The van der Waals surface area contributed by atoms with Gasteiger partial charge in [0, 0.05) is 19.6 Å². The first-order chi connectivity index (χ1) is 9.43. The topological polar surface area (TPSA) is 15.3 Å². The second-order valence-corrected chi connectivity index (χ2v) is 5.68.